The lowest BCUT2D eigenvalue weighted by Gasteiger charge is -2.30. The highest BCUT2D eigenvalue weighted by molar-refractivity contribution is 6.23. The summed E-state index contributed by atoms with van der Waals surface area (Å²) in [6.07, 6.45) is 1.18. The zero-order chi connectivity index (χ0) is 26.9. The third-order valence-electron chi connectivity index (χ3n) is 5.82. The summed E-state index contributed by atoms with van der Waals surface area (Å²) in [7, 11) is 0. The van der Waals surface area contributed by atoms with Crippen molar-refractivity contribution in [2.24, 2.45) is 5.41 Å². The van der Waals surface area contributed by atoms with Crippen molar-refractivity contribution in [1.29, 1.82) is 0 Å². The second-order valence-electron chi connectivity index (χ2n) is 9.07. The minimum absolute atomic E-state index is 0.0314. The van der Waals surface area contributed by atoms with E-state index in [1.807, 2.05) is 17.0 Å². The van der Waals surface area contributed by atoms with Gasteiger partial charge in [-0.2, -0.15) is 0 Å². The topological polar surface area (TPSA) is 90.0 Å². The van der Waals surface area contributed by atoms with Gasteiger partial charge in [-0.3, -0.25) is 19.2 Å². The monoisotopic (exact) mass is 537 g/mol. The minimum Gasteiger partial charge on any atom is -0.466 e. The molecule has 9 heteroatoms. The SMILES string of the molecule is CCOC(=O)CCC1=C(C(C)(C)CC(=O)Oc2ccc(N(CCCl)CCCl)cc2)C(=O)C=C(C)C1=O. The van der Waals surface area contributed by atoms with Gasteiger partial charge < -0.3 is 14.4 Å². The van der Waals surface area contributed by atoms with Crippen molar-refractivity contribution in [2.45, 2.75) is 47.0 Å². The predicted octanol–water partition coefficient (Wildman–Crippen LogP) is 5.03. The van der Waals surface area contributed by atoms with Crippen molar-refractivity contribution in [2.75, 3.05) is 36.4 Å². The van der Waals surface area contributed by atoms with E-state index in [-0.39, 0.29) is 48.6 Å². The first kappa shape index (κ1) is 29.6. The van der Waals surface area contributed by atoms with Crippen LogP contribution in [0.15, 0.2) is 47.1 Å². The number of ether oxygens (including phenoxy) is 2. The first-order chi connectivity index (χ1) is 17.0. The maximum absolute atomic E-state index is 12.9. The summed E-state index contributed by atoms with van der Waals surface area (Å²) in [4.78, 5) is 52.6. The Morgan fingerprint density at radius 2 is 1.61 bits per heavy atom. The summed E-state index contributed by atoms with van der Waals surface area (Å²) in [5, 5.41) is 0. The van der Waals surface area contributed by atoms with Crippen LogP contribution in [-0.4, -0.2) is 55.0 Å². The molecule has 0 bridgehead atoms. The van der Waals surface area contributed by atoms with Gasteiger partial charge in [-0.15, -0.1) is 23.2 Å². The molecule has 0 fully saturated rings. The van der Waals surface area contributed by atoms with E-state index >= 15 is 0 Å². The van der Waals surface area contributed by atoms with Crippen LogP contribution in [0.1, 0.15) is 47.0 Å². The van der Waals surface area contributed by atoms with E-state index in [4.69, 9.17) is 32.7 Å². The van der Waals surface area contributed by atoms with Crippen LogP contribution >= 0.6 is 23.2 Å². The van der Waals surface area contributed by atoms with Crippen LogP contribution in [0.5, 0.6) is 5.75 Å². The molecule has 0 saturated carbocycles. The Bertz CT molecular complexity index is 1040. The molecule has 2 rings (SSSR count). The molecule has 0 aliphatic heterocycles. The van der Waals surface area contributed by atoms with Gasteiger partial charge >= 0.3 is 11.9 Å². The molecule has 0 atom stereocenters. The highest BCUT2D eigenvalue weighted by Crippen LogP contribution is 2.38. The molecule has 1 aliphatic rings. The van der Waals surface area contributed by atoms with E-state index in [0.717, 1.165) is 5.69 Å². The van der Waals surface area contributed by atoms with Crippen LogP contribution in [0, 0.1) is 5.41 Å². The number of carbonyl (C=O) groups is 4. The molecule has 1 aliphatic carbocycles. The van der Waals surface area contributed by atoms with Crippen LogP contribution in [0.4, 0.5) is 5.69 Å². The maximum Gasteiger partial charge on any atom is 0.312 e. The third kappa shape index (κ3) is 7.93. The first-order valence-corrected chi connectivity index (χ1v) is 12.9. The van der Waals surface area contributed by atoms with E-state index in [2.05, 4.69) is 0 Å². The van der Waals surface area contributed by atoms with E-state index in [1.165, 1.54) is 6.08 Å². The molecule has 196 valence electrons. The van der Waals surface area contributed by atoms with E-state index in [1.54, 1.807) is 39.8 Å². The molecule has 0 heterocycles. The number of Topliss-reactive ketones (excluding diaryl/α,β-unsaturated/α-hetero) is 1. The number of rotatable bonds is 13. The smallest absolute Gasteiger partial charge is 0.312 e. The van der Waals surface area contributed by atoms with Gasteiger partial charge in [0, 0.05) is 59.1 Å². The molecule has 0 radical (unpaired) electrons. The number of halogens is 2. The average Bonchev–Trinajstić information content (AvgIpc) is 2.80. The Hall–Kier alpha value is -2.64. The zero-order valence-corrected chi connectivity index (χ0v) is 22.7. The van der Waals surface area contributed by atoms with Gasteiger partial charge in [-0.25, -0.2) is 0 Å². The molecule has 7 nitrogen and oxygen atoms in total. The molecular formula is C27H33Cl2NO6. The van der Waals surface area contributed by atoms with Crippen molar-refractivity contribution in [3.05, 3.63) is 47.1 Å². The second kappa shape index (κ2) is 13.6. The number of allylic oxidation sites excluding steroid dienone is 4. The third-order valence-corrected chi connectivity index (χ3v) is 6.16. The lowest BCUT2D eigenvalue weighted by atomic mass is 9.72. The number of nitrogens with zero attached hydrogens (tertiary/aromatic N) is 1. The molecule has 1 aromatic rings. The molecule has 0 N–H and O–H groups in total. The fourth-order valence-electron chi connectivity index (χ4n) is 4.19. The number of carbonyl (C=O) groups excluding carboxylic acids is 4. The Kier molecular flexibility index (Phi) is 11.2. The molecule has 0 spiro atoms. The Balaban J connectivity index is 2.19. The standard InChI is InChI=1S/C27H33Cl2NO6/c1-5-35-23(32)11-10-21-25(22(31)16-18(2)26(21)34)27(3,4)17-24(33)36-20-8-6-19(7-9-20)30(14-12-28)15-13-29/h6-9,16H,5,10-15,17H2,1-4H3. The number of hydrogen-bond donors (Lipinski definition) is 0. The number of ketones is 2. The number of anilines is 1. The number of esters is 2. The van der Waals surface area contributed by atoms with Gasteiger partial charge in [0.1, 0.15) is 5.75 Å². The molecule has 0 amide bonds. The van der Waals surface area contributed by atoms with Crippen LogP contribution in [0.3, 0.4) is 0 Å². The average molecular weight is 538 g/mol. The summed E-state index contributed by atoms with van der Waals surface area (Å²) in [5.41, 5.74) is 0.684. The summed E-state index contributed by atoms with van der Waals surface area (Å²) in [6.45, 7) is 8.19. The second-order valence-corrected chi connectivity index (χ2v) is 9.83. The largest absolute Gasteiger partial charge is 0.466 e. The quantitative estimate of drug-likeness (QED) is 0.151. The van der Waals surface area contributed by atoms with Crippen LogP contribution < -0.4 is 9.64 Å². The van der Waals surface area contributed by atoms with Crippen LogP contribution in [0.2, 0.25) is 0 Å². The van der Waals surface area contributed by atoms with Crippen molar-refractivity contribution in [3.63, 3.8) is 0 Å². The zero-order valence-electron chi connectivity index (χ0n) is 21.2. The van der Waals surface area contributed by atoms with Gasteiger partial charge in [0.2, 0.25) is 0 Å². The summed E-state index contributed by atoms with van der Waals surface area (Å²) in [6, 6.07) is 7.00. The normalized spacial score (nSPS) is 14.0. The fraction of sp³-hybridized carbons (Fsp3) is 0.481. The Morgan fingerprint density at radius 3 is 2.17 bits per heavy atom. The molecule has 1 aromatic carbocycles. The van der Waals surface area contributed by atoms with Gasteiger partial charge in [0.15, 0.2) is 11.6 Å². The Labute approximate surface area is 222 Å². The highest BCUT2D eigenvalue weighted by atomic mass is 35.5. The van der Waals surface area contributed by atoms with E-state index in [9.17, 15) is 19.2 Å². The van der Waals surface area contributed by atoms with Crippen molar-refractivity contribution >= 4 is 52.4 Å². The number of alkyl halides is 2. The minimum atomic E-state index is -0.998. The predicted molar refractivity (Wildman–Crippen MR) is 141 cm³/mol. The number of benzene rings is 1. The lowest BCUT2D eigenvalue weighted by Crippen LogP contribution is -2.31. The fourth-order valence-corrected chi connectivity index (χ4v) is 4.60. The van der Waals surface area contributed by atoms with Gasteiger partial charge in [0.25, 0.3) is 0 Å². The van der Waals surface area contributed by atoms with Crippen LogP contribution in [0.25, 0.3) is 0 Å². The maximum atomic E-state index is 12.9. The molecule has 0 aromatic heterocycles. The summed E-state index contributed by atoms with van der Waals surface area (Å²) < 4.78 is 10.5. The first-order valence-electron chi connectivity index (χ1n) is 11.9. The van der Waals surface area contributed by atoms with Gasteiger partial charge in [-0.05, 0) is 50.6 Å². The molecule has 0 unspecified atom stereocenters. The highest BCUT2D eigenvalue weighted by Gasteiger charge is 2.38. The molecule has 36 heavy (non-hydrogen) atoms. The van der Waals surface area contributed by atoms with Crippen molar-refractivity contribution < 1.29 is 28.7 Å². The van der Waals surface area contributed by atoms with Crippen molar-refractivity contribution in [1.82, 2.24) is 0 Å². The molecular weight excluding hydrogens is 505 g/mol. The van der Waals surface area contributed by atoms with Gasteiger partial charge in [-0.1, -0.05) is 13.8 Å². The van der Waals surface area contributed by atoms with E-state index in [0.29, 0.717) is 36.2 Å². The molecule has 0 saturated heterocycles. The van der Waals surface area contributed by atoms with Gasteiger partial charge in [0.05, 0.1) is 13.0 Å². The van der Waals surface area contributed by atoms with Crippen LogP contribution in [-0.2, 0) is 23.9 Å². The lowest BCUT2D eigenvalue weighted by molar-refractivity contribution is -0.143. The van der Waals surface area contributed by atoms with Crippen molar-refractivity contribution in [3.8, 4) is 5.75 Å². The Morgan fingerprint density at radius 1 is 1.00 bits per heavy atom. The summed E-state index contributed by atoms with van der Waals surface area (Å²) >= 11 is 11.7. The summed E-state index contributed by atoms with van der Waals surface area (Å²) in [5.74, 6) is -0.374. The van der Waals surface area contributed by atoms with E-state index < -0.39 is 17.4 Å². The number of hydrogen-bond acceptors (Lipinski definition) is 7.